The second-order valence-electron chi connectivity index (χ2n) is 9.56. The Morgan fingerprint density at radius 3 is 2.61 bits per heavy atom. The Balaban J connectivity index is 1.33. The molecule has 36 heavy (non-hydrogen) atoms. The minimum atomic E-state index is 0.135. The molecule has 1 aliphatic carbocycles. The zero-order valence-electron chi connectivity index (χ0n) is 20.5. The van der Waals surface area contributed by atoms with Gasteiger partial charge in [0.2, 0.25) is 5.95 Å². The van der Waals surface area contributed by atoms with Crippen LogP contribution < -0.4 is 10.2 Å². The van der Waals surface area contributed by atoms with Crippen LogP contribution in [0.5, 0.6) is 0 Å². The van der Waals surface area contributed by atoms with Crippen LogP contribution in [0, 0.1) is 5.92 Å². The standard InChI is InChI=1S/C28H30N6O2/c1-2-26(35)20-5-8-22(9-6-20)30-27-16-23(31-28(32-27)33-11-13-36-14-12-33)21-7-10-25-24(15-21)29-18-34(25)17-19-3-4-19/h5-10,15-16,18-19H,2-4,11-14,17H2,1H3,(H,30,31,32). The van der Waals surface area contributed by atoms with E-state index in [0.29, 0.717) is 31.4 Å². The number of nitrogens with one attached hydrogen (secondary N) is 1. The quantitative estimate of drug-likeness (QED) is 0.351. The number of aromatic nitrogens is 4. The topological polar surface area (TPSA) is 85.2 Å². The maximum Gasteiger partial charge on any atom is 0.228 e. The van der Waals surface area contributed by atoms with E-state index in [2.05, 4.69) is 38.0 Å². The number of fused-ring (bicyclic) bond motifs is 1. The third-order valence-electron chi connectivity index (χ3n) is 6.88. The summed E-state index contributed by atoms with van der Waals surface area (Å²) in [5, 5.41) is 3.41. The van der Waals surface area contributed by atoms with Crippen LogP contribution in [-0.4, -0.2) is 51.6 Å². The maximum absolute atomic E-state index is 12.0. The van der Waals surface area contributed by atoms with Gasteiger partial charge in [-0.1, -0.05) is 13.0 Å². The number of ketones is 1. The van der Waals surface area contributed by atoms with Crippen molar-refractivity contribution in [3.8, 4) is 11.3 Å². The van der Waals surface area contributed by atoms with Crippen LogP contribution in [0.15, 0.2) is 54.9 Å². The number of rotatable bonds is 8. The first kappa shape index (κ1) is 22.7. The van der Waals surface area contributed by atoms with Gasteiger partial charge in [0.1, 0.15) is 5.82 Å². The first-order valence-corrected chi connectivity index (χ1v) is 12.7. The fraction of sp³-hybridized carbons (Fsp3) is 0.357. The van der Waals surface area contributed by atoms with Crippen molar-refractivity contribution in [3.63, 3.8) is 0 Å². The average molecular weight is 483 g/mol. The predicted molar refractivity (Wildman–Crippen MR) is 141 cm³/mol. The summed E-state index contributed by atoms with van der Waals surface area (Å²) >= 11 is 0. The molecule has 3 heterocycles. The summed E-state index contributed by atoms with van der Waals surface area (Å²) in [6, 6.07) is 15.9. The Hall–Kier alpha value is -3.78. The van der Waals surface area contributed by atoms with Crippen LogP contribution in [0.25, 0.3) is 22.3 Å². The zero-order chi connectivity index (χ0) is 24.5. The monoisotopic (exact) mass is 482 g/mol. The molecule has 4 aromatic rings. The Bertz CT molecular complexity index is 1390. The molecule has 2 aromatic heterocycles. The molecule has 0 radical (unpaired) electrons. The van der Waals surface area contributed by atoms with Gasteiger partial charge in [-0.05, 0) is 55.2 Å². The maximum atomic E-state index is 12.0. The Morgan fingerprint density at radius 1 is 1.06 bits per heavy atom. The summed E-state index contributed by atoms with van der Waals surface area (Å²) < 4.78 is 7.79. The van der Waals surface area contributed by atoms with Crippen LogP contribution in [0.4, 0.5) is 17.5 Å². The van der Waals surface area contributed by atoms with Crippen molar-refractivity contribution < 1.29 is 9.53 Å². The van der Waals surface area contributed by atoms with Gasteiger partial charge in [0.05, 0.1) is 36.3 Å². The van der Waals surface area contributed by atoms with Crippen molar-refractivity contribution in [2.45, 2.75) is 32.7 Å². The van der Waals surface area contributed by atoms with Crippen molar-refractivity contribution >= 4 is 34.3 Å². The van der Waals surface area contributed by atoms with E-state index in [4.69, 9.17) is 14.7 Å². The molecule has 1 N–H and O–H groups in total. The van der Waals surface area contributed by atoms with Crippen LogP contribution in [0.3, 0.4) is 0 Å². The molecule has 1 saturated carbocycles. The number of ether oxygens (including phenoxy) is 1. The SMILES string of the molecule is CCC(=O)c1ccc(Nc2cc(-c3ccc4c(c3)ncn4CC3CC3)nc(N3CCOCC3)n2)cc1. The Morgan fingerprint density at radius 2 is 1.86 bits per heavy atom. The Kier molecular flexibility index (Phi) is 6.11. The third-order valence-corrected chi connectivity index (χ3v) is 6.88. The number of hydrogen-bond acceptors (Lipinski definition) is 7. The molecular weight excluding hydrogens is 452 g/mol. The number of nitrogens with zero attached hydrogens (tertiary/aromatic N) is 5. The average Bonchev–Trinajstić information content (AvgIpc) is 3.66. The fourth-order valence-corrected chi connectivity index (χ4v) is 4.59. The number of carbonyl (C=O) groups excluding carboxylic acids is 1. The highest BCUT2D eigenvalue weighted by Crippen LogP contribution is 2.33. The molecule has 2 fully saturated rings. The minimum Gasteiger partial charge on any atom is -0.378 e. The molecule has 0 amide bonds. The lowest BCUT2D eigenvalue weighted by Crippen LogP contribution is -2.37. The highest BCUT2D eigenvalue weighted by Gasteiger charge is 2.22. The van der Waals surface area contributed by atoms with Gasteiger partial charge in [0.15, 0.2) is 5.78 Å². The number of morpholine rings is 1. The highest BCUT2D eigenvalue weighted by molar-refractivity contribution is 5.96. The molecular formula is C28H30N6O2. The molecule has 0 spiro atoms. The summed E-state index contributed by atoms with van der Waals surface area (Å²) in [7, 11) is 0. The molecule has 184 valence electrons. The highest BCUT2D eigenvalue weighted by atomic mass is 16.5. The van der Waals surface area contributed by atoms with Gasteiger partial charge in [-0.3, -0.25) is 4.79 Å². The van der Waals surface area contributed by atoms with Gasteiger partial charge in [-0.15, -0.1) is 0 Å². The Labute approximate surface area is 210 Å². The van der Waals surface area contributed by atoms with Gasteiger partial charge in [-0.2, -0.15) is 4.98 Å². The number of benzene rings is 2. The molecule has 2 aromatic carbocycles. The molecule has 1 aliphatic heterocycles. The molecule has 1 saturated heterocycles. The van der Waals surface area contributed by atoms with Crippen molar-refractivity contribution in [2.24, 2.45) is 5.92 Å². The molecule has 0 bridgehead atoms. The lowest BCUT2D eigenvalue weighted by molar-refractivity contribution is 0.0988. The second-order valence-corrected chi connectivity index (χ2v) is 9.56. The molecule has 2 aliphatic rings. The van der Waals surface area contributed by atoms with E-state index in [1.54, 1.807) is 0 Å². The van der Waals surface area contributed by atoms with Crippen LogP contribution in [-0.2, 0) is 11.3 Å². The van der Waals surface area contributed by atoms with Crippen molar-refractivity contribution in [3.05, 3.63) is 60.4 Å². The summed E-state index contributed by atoms with van der Waals surface area (Å²) in [6.07, 6.45) is 5.08. The van der Waals surface area contributed by atoms with Gasteiger partial charge in [0.25, 0.3) is 0 Å². The minimum absolute atomic E-state index is 0.135. The molecule has 0 unspecified atom stereocenters. The van der Waals surface area contributed by atoms with E-state index >= 15 is 0 Å². The molecule has 8 heteroatoms. The van der Waals surface area contributed by atoms with E-state index in [0.717, 1.165) is 59.1 Å². The first-order valence-electron chi connectivity index (χ1n) is 12.7. The van der Waals surface area contributed by atoms with E-state index in [9.17, 15) is 4.79 Å². The summed E-state index contributed by atoms with van der Waals surface area (Å²) in [6.45, 7) is 5.74. The van der Waals surface area contributed by atoms with Crippen molar-refractivity contribution in [2.75, 3.05) is 36.5 Å². The lowest BCUT2D eigenvalue weighted by atomic mass is 10.1. The number of imidazole rings is 1. The number of Topliss-reactive ketones (excluding diaryl/α,β-unsaturated/α-hetero) is 1. The van der Waals surface area contributed by atoms with Gasteiger partial charge in [0, 0.05) is 48.9 Å². The normalized spacial score (nSPS) is 15.9. The first-order chi connectivity index (χ1) is 17.7. The van der Waals surface area contributed by atoms with Crippen LogP contribution in [0.2, 0.25) is 0 Å². The van der Waals surface area contributed by atoms with E-state index < -0.39 is 0 Å². The summed E-state index contributed by atoms with van der Waals surface area (Å²) in [5.41, 5.74) is 5.57. The molecule has 8 nitrogen and oxygen atoms in total. The zero-order valence-corrected chi connectivity index (χ0v) is 20.5. The number of anilines is 3. The lowest BCUT2D eigenvalue weighted by Gasteiger charge is -2.27. The van der Waals surface area contributed by atoms with Gasteiger partial charge < -0.3 is 19.5 Å². The van der Waals surface area contributed by atoms with Gasteiger partial charge >= 0.3 is 0 Å². The second kappa shape index (κ2) is 9.70. The van der Waals surface area contributed by atoms with Crippen molar-refractivity contribution in [1.29, 1.82) is 0 Å². The van der Waals surface area contributed by atoms with Crippen LogP contribution >= 0.6 is 0 Å². The summed E-state index contributed by atoms with van der Waals surface area (Å²) in [4.78, 5) is 28.6. The van der Waals surface area contributed by atoms with Gasteiger partial charge in [-0.25, -0.2) is 9.97 Å². The predicted octanol–water partition coefficient (Wildman–Crippen LogP) is 5.08. The van der Waals surface area contributed by atoms with E-state index in [1.807, 2.05) is 43.6 Å². The fourth-order valence-electron chi connectivity index (χ4n) is 4.59. The van der Waals surface area contributed by atoms with Crippen molar-refractivity contribution in [1.82, 2.24) is 19.5 Å². The summed E-state index contributed by atoms with van der Waals surface area (Å²) in [5.74, 6) is 2.31. The van der Waals surface area contributed by atoms with Crippen LogP contribution in [0.1, 0.15) is 36.5 Å². The number of hydrogen-bond donors (Lipinski definition) is 1. The smallest absolute Gasteiger partial charge is 0.228 e. The van der Waals surface area contributed by atoms with E-state index in [-0.39, 0.29) is 5.78 Å². The third kappa shape index (κ3) is 4.81. The molecule has 6 rings (SSSR count). The molecule has 0 atom stereocenters. The van der Waals surface area contributed by atoms with E-state index in [1.165, 1.54) is 12.8 Å². The number of carbonyl (C=O) groups is 1. The largest absolute Gasteiger partial charge is 0.378 e.